The average molecular weight is 357 g/mol. The summed E-state index contributed by atoms with van der Waals surface area (Å²) < 4.78 is 6.37. The third-order valence-corrected chi connectivity index (χ3v) is 5.45. The molecular formula is C25H27NO. The van der Waals surface area contributed by atoms with E-state index in [0.717, 1.165) is 22.6 Å². The van der Waals surface area contributed by atoms with Crippen molar-refractivity contribution in [1.29, 1.82) is 0 Å². The van der Waals surface area contributed by atoms with Crippen molar-refractivity contribution in [3.8, 4) is 11.3 Å². The Hall–Kier alpha value is -2.61. The van der Waals surface area contributed by atoms with Gasteiger partial charge in [0.25, 0.3) is 0 Å². The molecule has 0 aliphatic carbocycles. The normalized spacial score (nSPS) is 12.0. The first-order valence-electron chi connectivity index (χ1n) is 9.79. The Labute approximate surface area is 161 Å². The van der Waals surface area contributed by atoms with Crippen LogP contribution in [0.3, 0.4) is 0 Å². The van der Waals surface area contributed by atoms with Gasteiger partial charge in [-0.2, -0.15) is 0 Å². The standard InChI is InChI=1S/C25H27NO/c1-14(2)18-7-8-20-19(13-18)9-10-26-23(20)22-12-16(5)11-21-17(6)24(15(3)4)27-25(21)22/h7-15H,1-6H3. The van der Waals surface area contributed by atoms with Crippen molar-refractivity contribution in [1.82, 2.24) is 4.98 Å². The summed E-state index contributed by atoms with van der Waals surface area (Å²) in [4.78, 5) is 4.77. The number of hydrogen-bond acceptors (Lipinski definition) is 2. The van der Waals surface area contributed by atoms with Crippen molar-refractivity contribution in [3.05, 3.63) is 65.0 Å². The summed E-state index contributed by atoms with van der Waals surface area (Å²) in [6, 6.07) is 13.2. The van der Waals surface area contributed by atoms with E-state index in [1.165, 1.54) is 32.8 Å². The lowest BCUT2D eigenvalue weighted by Gasteiger charge is -2.11. The van der Waals surface area contributed by atoms with Gasteiger partial charge in [0.2, 0.25) is 0 Å². The summed E-state index contributed by atoms with van der Waals surface area (Å²) in [6.07, 6.45) is 1.91. The van der Waals surface area contributed by atoms with Gasteiger partial charge in [0, 0.05) is 28.5 Å². The van der Waals surface area contributed by atoms with Gasteiger partial charge in [0.05, 0.1) is 5.69 Å². The Bertz CT molecular complexity index is 1150. The van der Waals surface area contributed by atoms with Crippen LogP contribution >= 0.6 is 0 Å². The molecule has 27 heavy (non-hydrogen) atoms. The highest BCUT2D eigenvalue weighted by Gasteiger charge is 2.19. The first-order chi connectivity index (χ1) is 12.9. The lowest BCUT2D eigenvalue weighted by molar-refractivity contribution is 0.518. The molecule has 0 unspecified atom stereocenters. The van der Waals surface area contributed by atoms with Gasteiger partial charge >= 0.3 is 0 Å². The van der Waals surface area contributed by atoms with Crippen LogP contribution in [0.15, 0.2) is 47.0 Å². The Balaban J connectivity index is 2.04. The molecule has 0 atom stereocenters. The molecule has 0 radical (unpaired) electrons. The fourth-order valence-corrected chi connectivity index (χ4v) is 3.98. The number of aromatic nitrogens is 1. The molecule has 0 aliphatic heterocycles. The molecule has 138 valence electrons. The minimum Gasteiger partial charge on any atom is -0.460 e. The number of furan rings is 1. The van der Waals surface area contributed by atoms with Crippen LogP contribution in [0.5, 0.6) is 0 Å². The van der Waals surface area contributed by atoms with E-state index in [9.17, 15) is 0 Å². The SMILES string of the molecule is Cc1cc(-c2nccc3cc(C(C)C)ccc23)c2oc(C(C)C)c(C)c2c1. The van der Waals surface area contributed by atoms with Gasteiger partial charge in [-0.15, -0.1) is 0 Å². The minimum atomic E-state index is 0.361. The molecule has 0 saturated heterocycles. The van der Waals surface area contributed by atoms with Gasteiger partial charge in [-0.25, -0.2) is 0 Å². The zero-order chi connectivity index (χ0) is 19.3. The smallest absolute Gasteiger partial charge is 0.143 e. The predicted octanol–water partition coefficient (Wildman–Crippen LogP) is 7.51. The maximum Gasteiger partial charge on any atom is 0.143 e. The zero-order valence-corrected chi connectivity index (χ0v) is 17.1. The molecule has 4 aromatic rings. The molecule has 0 amide bonds. The Kier molecular flexibility index (Phi) is 4.30. The number of hydrogen-bond donors (Lipinski definition) is 0. The second kappa shape index (κ2) is 6.53. The predicted molar refractivity (Wildman–Crippen MR) is 115 cm³/mol. The monoisotopic (exact) mass is 357 g/mol. The van der Waals surface area contributed by atoms with Gasteiger partial charge in [-0.3, -0.25) is 4.98 Å². The molecule has 0 saturated carbocycles. The summed E-state index contributed by atoms with van der Waals surface area (Å²) in [5, 5.41) is 3.61. The van der Waals surface area contributed by atoms with E-state index in [4.69, 9.17) is 9.40 Å². The van der Waals surface area contributed by atoms with E-state index in [1.807, 2.05) is 6.20 Å². The highest BCUT2D eigenvalue weighted by molar-refractivity contribution is 6.03. The number of rotatable bonds is 3. The number of pyridine rings is 1. The molecule has 0 N–H and O–H groups in total. The van der Waals surface area contributed by atoms with Crippen LogP contribution in [0.1, 0.15) is 62.0 Å². The average Bonchev–Trinajstić information content (AvgIpc) is 2.97. The summed E-state index contributed by atoms with van der Waals surface area (Å²) >= 11 is 0. The Morgan fingerprint density at radius 3 is 2.33 bits per heavy atom. The van der Waals surface area contributed by atoms with Gasteiger partial charge in [-0.1, -0.05) is 45.9 Å². The number of fused-ring (bicyclic) bond motifs is 2. The summed E-state index contributed by atoms with van der Waals surface area (Å²) in [5.74, 6) is 1.94. The summed E-state index contributed by atoms with van der Waals surface area (Å²) in [7, 11) is 0. The van der Waals surface area contributed by atoms with Crippen molar-refractivity contribution in [2.45, 2.75) is 53.4 Å². The molecular weight excluding hydrogens is 330 g/mol. The van der Waals surface area contributed by atoms with E-state index >= 15 is 0 Å². The molecule has 2 heteroatoms. The van der Waals surface area contributed by atoms with Gasteiger partial charge < -0.3 is 4.42 Å². The van der Waals surface area contributed by atoms with Crippen molar-refractivity contribution in [2.75, 3.05) is 0 Å². The highest BCUT2D eigenvalue weighted by Crippen LogP contribution is 2.39. The third kappa shape index (κ3) is 2.93. The van der Waals surface area contributed by atoms with E-state index in [-0.39, 0.29) is 0 Å². The number of aryl methyl sites for hydroxylation is 2. The van der Waals surface area contributed by atoms with Crippen LogP contribution in [0.2, 0.25) is 0 Å². The summed E-state index contributed by atoms with van der Waals surface area (Å²) in [6.45, 7) is 13.1. The van der Waals surface area contributed by atoms with Crippen LogP contribution in [-0.2, 0) is 0 Å². The second-order valence-corrected chi connectivity index (χ2v) is 8.23. The molecule has 0 spiro atoms. The summed E-state index contributed by atoms with van der Waals surface area (Å²) in [5.41, 5.74) is 6.87. The molecule has 2 nitrogen and oxygen atoms in total. The maximum atomic E-state index is 6.37. The van der Waals surface area contributed by atoms with Crippen molar-refractivity contribution in [2.24, 2.45) is 0 Å². The van der Waals surface area contributed by atoms with Crippen LogP contribution in [0.25, 0.3) is 33.0 Å². The van der Waals surface area contributed by atoms with Crippen LogP contribution in [0.4, 0.5) is 0 Å². The van der Waals surface area contributed by atoms with Gasteiger partial charge in [0.15, 0.2) is 0 Å². The van der Waals surface area contributed by atoms with Gasteiger partial charge in [0.1, 0.15) is 11.3 Å². The first-order valence-corrected chi connectivity index (χ1v) is 9.79. The quantitative estimate of drug-likeness (QED) is 0.379. The molecule has 0 aliphatic rings. The van der Waals surface area contributed by atoms with Crippen molar-refractivity contribution >= 4 is 21.7 Å². The first kappa shape index (κ1) is 17.8. The fourth-order valence-electron chi connectivity index (χ4n) is 3.98. The largest absolute Gasteiger partial charge is 0.460 e. The van der Waals surface area contributed by atoms with Crippen molar-refractivity contribution in [3.63, 3.8) is 0 Å². The number of nitrogens with zero attached hydrogens (tertiary/aromatic N) is 1. The minimum absolute atomic E-state index is 0.361. The van der Waals surface area contributed by atoms with E-state index in [2.05, 4.69) is 77.9 Å². The fraction of sp³-hybridized carbons (Fsp3) is 0.320. The molecule has 2 aromatic carbocycles. The molecule has 0 fully saturated rings. The molecule has 2 heterocycles. The second-order valence-electron chi connectivity index (χ2n) is 8.23. The third-order valence-electron chi connectivity index (χ3n) is 5.45. The van der Waals surface area contributed by atoms with Crippen LogP contribution < -0.4 is 0 Å². The van der Waals surface area contributed by atoms with Crippen LogP contribution in [-0.4, -0.2) is 4.98 Å². The van der Waals surface area contributed by atoms with Crippen LogP contribution in [0, 0.1) is 13.8 Å². The lowest BCUT2D eigenvalue weighted by Crippen LogP contribution is -1.91. The highest BCUT2D eigenvalue weighted by atomic mass is 16.3. The lowest BCUT2D eigenvalue weighted by atomic mass is 9.95. The molecule has 4 rings (SSSR count). The van der Waals surface area contributed by atoms with E-state index in [0.29, 0.717) is 11.8 Å². The Morgan fingerprint density at radius 2 is 1.63 bits per heavy atom. The molecule has 2 aromatic heterocycles. The molecule has 0 bridgehead atoms. The van der Waals surface area contributed by atoms with E-state index < -0.39 is 0 Å². The topological polar surface area (TPSA) is 26.0 Å². The maximum absolute atomic E-state index is 6.37. The number of benzene rings is 2. The Morgan fingerprint density at radius 1 is 0.852 bits per heavy atom. The van der Waals surface area contributed by atoms with E-state index in [1.54, 1.807) is 0 Å². The van der Waals surface area contributed by atoms with Gasteiger partial charge in [-0.05, 0) is 60.0 Å². The van der Waals surface area contributed by atoms with Crippen molar-refractivity contribution < 1.29 is 4.42 Å². The zero-order valence-electron chi connectivity index (χ0n) is 17.1.